The van der Waals surface area contributed by atoms with Gasteiger partial charge in [-0.1, -0.05) is 35.4 Å². The molecule has 82 valence electrons. The van der Waals surface area contributed by atoms with Crippen molar-refractivity contribution in [2.75, 3.05) is 11.5 Å². The van der Waals surface area contributed by atoms with Gasteiger partial charge in [-0.3, -0.25) is 10.5 Å². The molecule has 0 bridgehead atoms. The zero-order valence-corrected chi connectivity index (χ0v) is 9.28. The average Bonchev–Trinajstić information content (AvgIpc) is 2.59. The summed E-state index contributed by atoms with van der Waals surface area (Å²) < 4.78 is 1.41. The van der Waals surface area contributed by atoms with Gasteiger partial charge in [-0.2, -0.15) is 0 Å². The van der Waals surface area contributed by atoms with E-state index in [1.807, 2.05) is 18.2 Å². The van der Waals surface area contributed by atoms with Crippen LogP contribution in [0.2, 0.25) is 0 Å². The van der Waals surface area contributed by atoms with Crippen LogP contribution in [-0.2, 0) is 6.54 Å². The summed E-state index contributed by atoms with van der Waals surface area (Å²) in [5, 5.41) is 4.73. The van der Waals surface area contributed by atoms with E-state index in [0.717, 1.165) is 11.3 Å². The molecule has 1 aromatic carbocycles. The maximum Gasteiger partial charge on any atom is 0.356 e. The molecule has 2 aromatic rings. The molecular formula is C10H11N4OS+. The summed E-state index contributed by atoms with van der Waals surface area (Å²) in [5.41, 5.74) is 11.8. The number of nitrogens with two attached hydrogens (primary N) is 2. The smallest absolute Gasteiger partial charge is 0.356 e. The van der Waals surface area contributed by atoms with Crippen LogP contribution < -0.4 is 16.1 Å². The lowest BCUT2D eigenvalue weighted by molar-refractivity contribution is -0.722. The average molecular weight is 235 g/mol. The monoisotopic (exact) mass is 235 g/mol. The summed E-state index contributed by atoms with van der Waals surface area (Å²) in [7, 11) is 0. The van der Waals surface area contributed by atoms with E-state index >= 15 is 0 Å². The third-order valence-electron chi connectivity index (χ3n) is 2.07. The fourth-order valence-electron chi connectivity index (χ4n) is 1.31. The van der Waals surface area contributed by atoms with E-state index in [1.165, 1.54) is 4.68 Å². The van der Waals surface area contributed by atoms with Crippen molar-refractivity contribution in [2.24, 2.45) is 0 Å². The summed E-state index contributed by atoms with van der Waals surface area (Å²) in [5.74, 6) is -0.0393. The number of Topliss-reactive ketones (excluding diaryl/α,β-unsaturated/α-hetero) is 1. The SMILES string of the molecule is Nc1n[n+](CC(=O)c2ccccc2)c(N)s1. The standard InChI is InChI=1S/C10H10N4OS/c11-9-13-14(10(12)16-9)6-8(15)7-4-2-1-3-5-7/h1-5,12H,6H2,(H2,11,13)/p+1. The number of hydrogen-bond donors (Lipinski definition) is 2. The van der Waals surface area contributed by atoms with Gasteiger partial charge < -0.3 is 5.73 Å². The number of ketones is 1. The highest BCUT2D eigenvalue weighted by Gasteiger charge is 2.16. The van der Waals surface area contributed by atoms with E-state index in [0.29, 0.717) is 15.8 Å². The predicted octanol–water partition coefficient (Wildman–Crippen LogP) is 0.478. The largest absolute Gasteiger partial charge is 0.372 e. The Morgan fingerprint density at radius 3 is 2.56 bits per heavy atom. The highest BCUT2D eigenvalue weighted by molar-refractivity contribution is 7.18. The second-order valence-electron chi connectivity index (χ2n) is 3.23. The van der Waals surface area contributed by atoms with E-state index in [2.05, 4.69) is 5.10 Å². The number of nitrogens with zero attached hydrogens (tertiary/aromatic N) is 2. The minimum Gasteiger partial charge on any atom is -0.372 e. The predicted molar refractivity (Wildman–Crippen MR) is 61.9 cm³/mol. The topological polar surface area (TPSA) is 85.9 Å². The first kappa shape index (κ1) is 10.6. The lowest BCUT2D eigenvalue weighted by atomic mass is 10.1. The van der Waals surface area contributed by atoms with Crippen molar-refractivity contribution < 1.29 is 9.48 Å². The van der Waals surface area contributed by atoms with Crippen LogP contribution >= 0.6 is 11.3 Å². The van der Waals surface area contributed by atoms with E-state index < -0.39 is 0 Å². The molecule has 0 amide bonds. The molecule has 1 heterocycles. The normalized spacial score (nSPS) is 10.2. The molecule has 2 rings (SSSR count). The van der Waals surface area contributed by atoms with Crippen LogP contribution in [0, 0.1) is 0 Å². The van der Waals surface area contributed by atoms with E-state index in [1.54, 1.807) is 12.1 Å². The van der Waals surface area contributed by atoms with Crippen LogP contribution in [0.4, 0.5) is 10.3 Å². The van der Waals surface area contributed by atoms with Crippen molar-refractivity contribution in [3.05, 3.63) is 35.9 Å². The van der Waals surface area contributed by atoms with Gasteiger partial charge in [-0.05, 0) is 11.3 Å². The van der Waals surface area contributed by atoms with Gasteiger partial charge in [0.25, 0.3) is 0 Å². The fraction of sp³-hybridized carbons (Fsp3) is 0.100. The first-order chi connectivity index (χ1) is 7.66. The minimum absolute atomic E-state index is 0.0393. The highest BCUT2D eigenvalue weighted by Crippen LogP contribution is 2.11. The third-order valence-corrected chi connectivity index (χ3v) is 2.78. The number of benzene rings is 1. The van der Waals surface area contributed by atoms with Crippen molar-refractivity contribution in [1.29, 1.82) is 0 Å². The molecule has 0 aliphatic carbocycles. The minimum atomic E-state index is -0.0393. The Morgan fingerprint density at radius 2 is 2.00 bits per heavy atom. The Morgan fingerprint density at radius 1 is 1.31 bits per heavy atom. The molecule has 0 saturated heterocycles. The molecule has 0 aliphatic heterocycles. The van der Waals surface area contributed by atoms with Gasteiger partial charge in [0.2, 0.25) is 10.9 Å². The number of carbonyl (C=O) groups is 1. The summed E-state index contributed by atoms with van der Waals surface area (Å²) in [4.78, 5) is 11.8. The van der Waals surface area contributed by atoms with Crippen LogP contribution in [0.5, 0.6) is 0 Å². The molecule has 6 heteroatoms. The van der Waals surface area contributed by atoms with E-state index in [4.69, 9.17) is 11.5 Å². The quantitative estimate of drug-likeness (QED) is 0.598. The summed E-state index contributed by atoms with van der Waals surface area (Å²) in [6, 6.07) is 9.01. The van der Waals surface area contributed by atoms with Crippen LogP contribution in [0.1, 0.15) is 10.4 Å². The molecule has 0 radical (unpaired) electrons. The molecule has 0 aliphatic rings. The molecule has 0 saturated carbocycles. The van der Waals surface area contributed by atoms with Crippen molar-refractivity contribution in [2.45, 2.75) is 6.54 Å². The van der Waals surface area contributed by atoms with Crippen molar-refractivity contribution in [1.82, 2.24) is 5.10 Å². The Bertz CT molecular complexity index is 509. The third kappa shape index (κ3) is 2.17. The lowest BCUT2D eigenvalue weighted by Gasteiger charge is -1.96. The molecular weight excluding hydrogens is 224 g/mol. The fourth-order valence-corrected chi connectivity index (χ4v) is 1.88. The Hall–Kier alpha value is -1.95. The van der Waals surface area contributed by atoms with Gasteiger partial charge in [0, 0.05) is 5.56 Å². The van der Waals surface area contributed by atoms with Gasteiger partial charge in [0.05, 0.1) is 0 Å². The molecule has 4 N–H and O–H groups in total. The van der Waals surface area contributed by atoms with E-state index in [9.17, 15) is 4.79 Å². The summed E-state index contributed by atoms with van der Waals surface area (Å²) in [6.07, 6.45) is 0. The van der Waals surface area contributed by atoms with Gasteiger partial charge in [-0.25, -0.2) is 0 Å². The maximum atomic E-state index is 11.8. The molecule has 0 spiro atoms. The van der Waals surface area contributed by atoms with Gasteiger partial charge in [0.1, 0.15) is 0 Å². The first-order valence-corrected chi connectivity index (χ1v) is 5.48. The highest BCUT2D eigenvalue weighted by atomic mass is 32.1. The van der Waals surface area contributed by atoms with Crippen molar-refractivity contribution in [3.8, 4) is 0 Å². The Labute approximate surface area is 96.3 Å². The number of nitrogen functional groups attached to an aromatic ring is 2. The zero-order valence-electron chi connectivity index (χ0n) is 8.46. The molecule has 0 atom stereocenters. The summed E-state index contributed by atoms with van der Waals surface area (Å²) in [6.45, 7) is 0.115. The molecule has 5 nitrogen and oxygen atoms in total. The zero-order chi connectivity index (χ0) is 11.5. The molecule has 0 unspecified atom stereocenters. The van der Waals surface area contributed by atoms with Crippen LogP contribution in [0.3, 0.4) is 0 Å². The molecule has 1 aromatic heterocycles. The lowest BCUT2D eigenvalue weighted by Crippen LogP contribution is -2.41. The van der Waals surface area contributed by atoms with Gasteiger partial charge in [0.15, 0.2) is 6.54 Å². The van der Waals surface area contributed by atoms with Crippen molar-refractivity contribution in [3.63, 3.8) is 0 Å². The van der Waals surface area contributed by atoms with Crippen LogP contribution in [0.25, 0.3) is 0 Å². The number of aromatic nitrogens is 2. The summed E-state index contributed by atoms with van der Waals surface area (Å²) >= 11 is 1.16. The van der Waals surface area contributed by atoms with Crippen molar-refractivity contribution >= 4 is 27.4 Å². The Kier molecular flexibility index (Phi) is 2.82. The second-order valence-corrected chi connectivity index (χ2v) is 4.27. The first-order valence-electron chi connectivity index (χ1n) is 4.67. The number of anilines is 2. The van der Waals surface area contributed by atoms with Crippen LogP contribution in [0.15, 0.2) is 30.3 Å². The Balaban J connectivity index is 2.17. The molecule has 0 fully saturated rings. The second kappa shape index (κ2) is 4.28. The van der Waals surface area contributed by atoms with Gasteiger partial charge in [-0.15, -0.1) is 4.68 Å². The number of rotatable bonds is 3. The van der Waals surface area contributed by atoms with Gasteiger partial charge >= 0.3 is 5.13 Å². The number of carbonyl (C=O) groups excluding carboxylic acids is 1. The number of hydrogen-bond acceptors (Lipinski definition) is 5. The maximum absolute atomic E-state index is 11.8. The van der Waals surface area contributed by atoms with E-state index in [-0.39, 0.29) is 12.3 Å². The van der Waals surface area contributed by atoms with Crippen LogP contribution in [-0.4, -0.2) is 10.9 Å². The molecule has 16 heavy (non-hydrogen) atoms.